The van der Waals surface area contributed by atoms with Crippen molar-refractivity contribution in [3.8, 4) is 0 Å². The Balaban J connectivity index is 2.67. The molecule has 4 nitrogen and oxygen atoms in total. The quantitative estimate of drug-likeness (QED) is 0.728. The first-order valence-corrected chi connectivity index (χ1v) is 4.19. The maximum Gasteiger partial charge on any atom is 0.354 e. The van der Waals surface area contributed by atoms with E-state index in [0.29, 0.717) is 10.5 Å². The van der Waals surface area contributed by atoms with E-state index < -0.39 is 5.97 Å². The maximum absolute atomic E-state index is 10.6. The smallest absolute Gasteiger partial charge is 0.354 e. The van der Waals surface area contributed by atoms with Crippen molar-refractivity contribution in [1.82, 2.24) is 9.97 Å². The molecular formula is C9H5ClN2O2. The highest BCUT2D eigenvalue weighted by Crippen LogP contribution is 2.16. The second-order valence-electron chi connectivity index (χ2n) is 2.73. The first kappa shape index (κ1) is 8.90. The van der Waals surface area contributed by atoms with Gasteiger partial charge in [-0.05, 0) is 12.1 Å². The van der Waals surface area contributed by atoms with Crippen LogP contribution in [0.4, 0.5) is 0 Å². The molecule has 0 unspecified atom stereocenters. The Labute approximate surface area is 84.2 Å². The lowest BCUT2D eigenvalue weighted by Crippen LogP contribution is -1.99. The first-order chi connectivity index (χ1) is 6.66. The van der Waals surface area contributed by atoms with Gasteiger partial charge in [-0.1, -0.05) is 11.6 Å². The number of aromatic nitrogens is 2. The molecule has 0 saturated carbocycles. The maximum atomic E-state index is 10.6. The Morgan fingerprint density at radius 1 is 1.21 bits per heavy atom. The highest BCUT2D eigenvalue weighted by Gasteiger charge is 2.05. The molecule has 0 aliphatic rings. The van der Waals surface area contributed by atoms with Crippen LogP contribution in [0.1, 0.15) is 10.5 Å². The minimum absolute atomic E-state index is 0.00150. The van der Waals surface area contributed by atoms with Gasteiger partial charge in [-0.25, -0.2) is 14.8 Å². The van der Waals surface area contributed by atoms with E-state index in [1.54, 1.807) is 6.07 Å². The van der Waals surface area contributed by atoms with Crippen LogP contribution in [0, 0.1) is 0 Å². The van der Waals surface area contributed by atoms with Crippen LogP contribution < -0.4 is 0 Å². The molecule has 0 aromatic carbocycles. The number of rotatable bonds is 1. The zero-order chi connectivity index (χ0) is 10.1. The van der Waals surface area contributed by atoms with Gasteiger partial charge in [-0.15, -0.1) is 0 Å². The number of fused-ring (bicyclic) bond motifs is 1. The molecule has 0 radical (unpaired) electrons. The Bertz CT molecular complexity index is 513. The highest BCUT2D eigenvalue weighted by molar-refractivity contribution is 6.30. The molecule has 70 valence electrons. The van der Waals surface area contributed by atoms with E-state index in [9.17, 15) is 4.79 Å². The molecule has 0 amide bonds. The van der Waals surface area contributed by atoms with Crippen molar-refractivity contribution < 1.29 is 9.90 Å². The molecule has 0 spiro atoms. The molecule has 14 heavy (non-hydrogen) atoms. The van der Waals surface area contributed by atoms with Crippen molar-refractivity contribution in [2.45, 2.75) is 0 Å². The minimum Gasteiger partial charge on any atom is -0.477 e. The van der Waals surface area contributed by atoms with Gasteiger partial charge in [0.1, 0.15) is 10.8 Å². The van der Waals surface area contributed by atoms with Crippen LogP contribution in [0.3, 0.4) is 0 Å². The highest BCUT2D eigenvalue weighted by atomic mass is 35.5. The summed E-state index contributed by atoms with van der Waals surface area (Å²) in [7, 11) is 0. The third-order valence-corrected chi connectivity index (χ3v) is 2.00. The number of hydrogen-bond acceptors (Lipinski definition) is 3. The summed E-state index contributed by atoms with van der Waals surface area (Å²) in [5.74, 6) is -1.05. The minimum atomic E-state index is -1.05. The zero-order valence-corrected chi connectivity index (χ0v) is 7.69. The summed E-state index contributed by atoms with van der Waals surface area (Å²) in [6, 6.07) is 3.09. The largest absolute Gasteiger partial charge is 0.477 e. The van der Waals surface area contributed by atoms with Crippen molar-refractivity contribution in [3.63, 3.8) is 0 Å². The van der Waals surface area contributed by atoms with Gasteiger partial charge in [-0.3, -0.25) is 0 Å². The van der Waals surface area contributed by atoms with Gasteiger partial charge in [0.05, 0.1) is 0 Å². The van der Waals surface area contributed by atoms with E-state index in [2.05, 4.69) is 9.97 Å². The van der Waals surface area contributed by atoms with E-state index in [1.807, 2.05) is 0 Å². The summed E-state index contributed by atoms with van der Waals surface area (Å²) in [6.07, 6.45) is 2.98. The van der Waals surface area contributed by atoms with Crippen molar-refractivity contribution in [3.05, 3.63) is 35.4 Å². The van der Waals surface area contributed by atoms with E-state index in [0.717, 1.165) is 5.39 Å². The average Bonchev–Trinajstić information content (AvgIpc) is 2.16. The molecular weight excluding hydrogens is 204 g/mol. The molecule has 0 aliphatic carbocycles. The summed E-state index contributed by atoms with van der Waals surface area (Å²) < 4.78 is 0. The molecule has 2 heterocycles. The van der Waals surface area contributed by atoms with Crippen LogP contribution in [0.2, 0.25) is 5.15 Å². The van der Waals surface area contributed by atoms with Gasteiger partial charge in [0.2, 0.25) is 0 Å². The molecule has 2 aromatic heterocycles. The van der Waals surface area contributed by atoms with Crippen molar-refractivity contribution in [1.29, 1.82) is 0 Å². The molecule has 1 N–H and O–H groups in total. The van der Waals surface area contributed by atoms with Crippen LogP contribution in [0.5, 0.6) is 0 Å². The fourth-order valence-corrected chi connectivity index (χ4v) is 1.29. The molecule has 2 rings (SSSR count). The summed E-state index contributed by atoms with van der Waals surface area (Å²) in [6.45, 7) is 0. The van der Waals surface area contributed by atoms with E-state index in [4.69, 9.17) is 16.7 Å². The third-order valence-electron chi connectivity index (χ3n) is 1.79. The number of carboxylic acid groups (broad SMARTS) is 1. The Morgan fingerprint density at radius 2 is 1.86 bits per heavy atom. The number of aromatic carboxylic acids is 1. The zero-order valence-electron chi connectivity index (χ0n) is 6.94. The van der Waals surface area contributed by atoms with Gasteiger partial charge in [0.25, 0.3) is 0 Å². The third kappa shape index (κ3) is 1.52. The van der Waals surface area contributed by atoms with Gasteiger partial charge in [0.15, 0.2) is 0 Å². The van der Waals surface area contributed by atoms with Crippen LogP contribution in [0.15, 0.2) is 24.5 Å². The van der Waals surface area contributed by atoms with Crippen molar-refractivity contribution >= 4 is 28.3 Å². The summed E-state index contributed by atoms with van der Waals surface area (Å²) in [5, 5.41) is 10.5. The lowest BCUT2D eigenvalue weighted by atomic mass is 10.2. The second kappa shape index (κ2) is 3.23. The summed E-state index contributed by atoms with van der Waals surface area (Å²) >= 11 is 5.67. The lowest BCUT2D eigenvalue weighted by molar-refractivity contribution is 0.0691. The van der Waals surface area contributed by atoms with E-state index >= 15 is 0 Å². The van der Waals surface area contributed by atoms with Crippen LogP contribution in [-0.2, 0) is 0 Å². The average molecular weight is 209 g/mol. The fourth-order valence-electron chi connectivity index (χ4n) is 1.13. The molecule has 0 bridgehead atoms. The van der Waals surface area contributed by atoms with Crippen LogP contribution in [-0.4, -0.2) is 21.0 Å². The van der Waals surface area contributed by atoms with Crippen LogP contribution >= 0.6 is 11.6 Å². The Kier molecular flexibility index (Phi) is 2.05. The van der Waals surface area contributed by atoms with Crippen molar-refractivity contribution in [2.75, 3.05) is 0 Å². The normalized spacial score (nSPS) is 10.4. The first-order valence-electron chi connectivity index (χ1n) is 3.81. The number of carbonyl (C=O) groups is 1. The van der Waals surface area contributed by atoms with Crippen molar-refractivity contribution in [2.24, 2.45) is 0 Å². The van der Waals surface area contributed by atoms with Gasteiger partial charge in [-0.2, -0.15) is 0 Å². The Morgan fingerprint density at radius 3 is 2.57 bits per heavy atom. The molecule has 0 aliphatic heterocycles. The second-order valence-corrected chi connectivity index (χ2v) is 3.12. The number of hydrogen-bond donors (Lipinski definition) is 1. The Hall–Kier alpha value is -1.68. The van der Waals surface area contributed by atoms with Gasteiger partial charge >= 0.3 is 5.97 Å². The molecule has 0 atom stereocenters. The number of halogens is 1. The molecule has 5 heteroatoms. The summed E-state index contributed by atoms with van der Waals surface area (Å²) in [4.78, 5) is 18.2. The SMILES string of the molecule is O=C(O)c1cc2cnc(Cl)cc2cn1. The topological polar surface area (TPSA) is 63.1 Å². The molecule has 2 aromatic rings. The van der Waals surface area contributed by atoms with Gasteiger partial charge in [0, 0.05) is 23.2 Å². The molecule has 0 saturated heterocycles. The number of carboxylic acids is 1. The summed E-state index contributed by atoms with van der Waals surface area (Å²) in [5.41, 5.74) is 0.00150. The predicted molar refractivity (Wildman–Crippen MR) is 51.5 cm³/mol. The fraction of sp³-hybridized carbons (Fsp3) is 0. The van der Waals surface area contributed by atoms with Crippen LogP contribution in [0.25, 0.3) is 10.8 Å². The monoisotopic (exact) mass is 208 g/mol. The predicted octanol–water partition coefficient (Wildman–Crippen LogP) is 1.98. The molecule has 0 fully saturated rings. The number of nitrogens with zero attached hydrogens (tertiary/aromatic N) is 2. The number of pyridine rings is 2. The van der Waals surface area contributed by atoms with Gasteiger partial charge < -0.3 is 5.11 Å². The van der Waals surface area contributed by atoms with E-state index in [1.165, 1.54) is 18.5 Å². The lowest BCUT2D eigenvalue weighted by Gasteiger charge is -1.98. The standard InChI is InChI=1S/C9H5ClN2O2/c10-8-2-6-3-11-7(9(13)14)1-5(6)4-12-8/h1-4H,(H,13,14). The van der Waals surface area contributed by atoms with E-state index in [-0.39, 0.29) is 5.69 Å².